The Hall–Kier alpha value is -0.830. The van der Waals surface area contributed by atoms with Crippen LogP contribution in [0.2, 0.25) is 0 Å². The van der Waals surface area contributed by atoms with E-state index in [2.05, 4.69) is 39.6 Å². The van der Waals surface area contributed by atoms with Crippen LogP contribution in [0.3, 0.4) is 0 Å². The van der Waals surface area contributed by atoms with Crippen molar-refractivity contribution in [2.24, 2.45) is 4.99 Å². The smallest absolute Gasteiger partial charge is 0.224 e. The van der Waals surface area contributed by atoms with Gasteiger partial charge in [0.2, 0.25) is 5.91 Å². The first-order valence-electron chi connectivity index (χ1n) is 8.85. The fourth-order valence-corrected chi connectivity index (χ4v) is 3.82. The lowest BCUT2D eigenvalue weighted by Gasteiger charge is -2.33. The molecule has 0 bridgehead atoms. The monoisotopic (exact) mass is 478 g/mol. The Labute approximate surface area is 172 Å². The van der Waals surface area contributed by atoms with Gasteiger partial charge >= 0.3 is 0 Å². The predicted octanol–water partition coefficient (Wildman–Crippen LogP) is 3.21. The number of nitrogens with one attached hydrogen (secondary N) is 1. The fraction of sp³-hybridized carbons (Fsp3) is 0.667. The Morgan fingerprint density at radius 1 is 1.48 bits per heavy atom. The van der Waals surface area contributed by atoms with Gasteiger partial charge in [0.05, 0.1) is 0 Å². The lowest BCUT2D eigenvalue weighted by atomic mass is 10.0. The number of nitrogens with zero attached hydrogens (tertiary/aromatic N) is 3. The van der Waals surface area contributed by atoms with E-state index < -0.39 is 0 Å². The van der Waals surface area contributed by atoms with Crippen molar-refractivity contribution in [3.05, 3.63) is 22.4 Å². The topological polar surface area (TPSA) is 47.9 Å². The minimum atomic E-state index is 0. The first-order chi connectivity index (χ1) is 11.6. The Kier molecular flexibility index (Phi) is 10.4. The maximum atomic E-state index is 12.4. The van der Waals surface area contributed by atoms with E-state index in [-0.39, 0.29) is 29.9 Å². The van der Waals surface area contributed by atoms with E-state index in [1.54, 1.807) is 18.4 Å². The first-order valence-corrected chi connectivity index (χ1v) is 9.73. The Morgan fingerprint density at radius 2 is 2.28 bits per heavy atom. The SMILES string of the molecule is CN=C(NCCC(=O)N1CCCCC1C)N(C)CCc1cccs1.I. The van der Waals surface area contributed by atoms with E-state index in [0.29, 0.717) is 19.0 Å². The molecule has 1 aromatic heterocycles. The van der Waals surface area contributed by atoms with Gasteiger partial charge in [-0.15, -0.1) is 35.3 Å². The molecule has 1 atom stereocenters. The van der Waals surface area contributed by atoms with Gasteiger partial charge in [-0.05, 0) is 44.1 Å². The maximum absolute atomic E-state index is 12.4. The number of rotatable bonds is 6. The Morgan fingerprint density at radius 3 is 2.92 bits per heavy atom. The Balaban J connectivity index is 0.00000312. The average molecular weight is 478 g/mol. The highest BCUT2D eigenvalue weighted by Gasteiger charge is 2.22. The summed E-state index contributed by atoms with van der Waals surface area (Å²) in [5.74, 6) is 1.11. The van der Waals surface area contributed by atoms with Gasteiger partial charge in [0, 0.05) is 51.1 Å². The summed E-state index contributed by atoms with van der Waals surface area (Å²) in [5, 5.41) is 5.42. The van der Waals surface area contributed by atoms with Gasteiger partial charge in [0.15, 0.2) is 5.96 Å². The number of amides is 1. The second-order valence-electron chi connectivity index (χ2n) is 6.41. The highest BCUT2D eigenvalue weighted by Crippen LogP contribution is 2.17. The molecule has 2 rings (SSSR count). The number of likely N-dealkylation sites (N-methyl/N-ethyl adjacent to an activating group) is 1. The minimum Gasteiger partial charge on any atom is -0.356 e. The molecule has 2 heterocycles. The minimum absolute atomic E-state index is 0. The molecule has 1 unspecified atom stereocenters. The van der Waals surface area contributed by atoms with Crippen molar-refractivity contribution in [2.45, 2.75) is 45.1 Å². The number of guanidine groups is 1. The number of carbonyl (C=O) groups excluding carboxylic acids is 1. The maximum Gasteiger partial charge on any atom is 0.224 e. The van der Waals surface area contributed by atoms with Crippen LogP contribution >= 0.6 is 35.3 Å². The van der Waals surface area contributed by atoms with Crippen LogP contribution in [0.25, 0.3) is 0 Å². The second kappa shape index (κ2) is 11.7. The quantitative estimate of drug-likeness (QED) is 0.388. The van der Waals surface area contributed by atoms with Crippen LogP contribution < -0.4 is 5.32 Å². The molecular weight excluding hydrogens is 447 g/mol. The third kappa shape index (κ3) is 7.13. The van der Waals surface area contributed by atoms with Crippen molar-refractivity contribution < 1.29 is 4.79 Å². The van der Waals surface area contributed by atoms with Crippen LogP contribution in [0.15, 0.2) is 22.5 Å². The number of aliphatic imine (C=N–C) groups is 1. The molecule has 1 N–H and O–H groups in total. The van der Waals surface area contributed by atoms with Crippen LogP contribution in [0.1, 0.15) is 37.5 Å². The molecule has 1 saturated heterocycles. The lowest BCUT2D eigenvalue weighted by Crippen LogP contribution is -2.45. The van der Waals surface area contributed by atoms with Gasteiger partial charge in [-0.1, -0.05) is 6.07 Å². The van der Waals surface area contributed by atoms with Crippen molar-refractivity contribution in [1.29, 1.82) is 0 Å². The molecule has 0 aliphatic carbocycles. The van der Waals surface area contributed by atoms with E-state index in [9.17, 15) is 4.79 Å². The first kappa shape index (κ1) is 22.2. The summed E-state index contributed by atoms with van der Waals surface area (Å²) in [5.41, 5.74) is 0. The molecule has 0 radical (unpaired) electrons. The van der Waals surface area contributed by atoms with Crippen molar-refractivity contribution in [3.8, 4) is 0 Å². The van der Waals surface area contributed by atoms with Gasteiger partial charge in [-0.2, -0.15) is 0 Å². The largest absolute Gasteiger partial charge is 0.356 e. The summed E-state index contributed by atoms with van der Waals surface area (Å²) < 4.78 is 0. The van der Waals surface area contributed by atoms with Gasteiger partial charge in [0.1, 0.15) is 0 Å². The van der Waals surface area contributed by atoms with E-state index >= 15 is 0 Å². The average Bonchev–Trinajstić information content (AvgIpc) is 3.10. The van der Waals surface area contributed by atoms with E-state index in [1.807, 2.05) is 11.9 Å². The van der Waals surface area contributed by atoms with Crippen molar-refractivity contribution in [3.63, 3.8) is 0 Å². The number of hydrogen-bond acceptors (Lipinski definition) is 3. The molecule has 1 amide bonds. The Bertz CT molecular complexity index is 535. The molecule has 1 fully saturated rings. The van der Waals surface area contributed by atoms with Gasteiger partial charge in [-0.25, -0.2) is 0 Å². The molecule has 1 aliphatic rings. The second-order valence-corrected chi connectivity index (χ2v) is 7.44. The normalized spacial score (nSPS) is 17.8. The molecule has 1 aromatic rings. The zero-order chi connectivity index (χ0) is 17.4. The summed E-state index contributed by atoms with van der Waals surface area (Å²) in [6.07, 6.45) is 5.05. The van der Waals surface area contributed by atoms with Gasteiger partial charge in [0.25, 0.3) is 0 Å². The molecule has 1 aliphatic heterocycles. The predicted molar refractivity (Wildman–Crippen MR) is 117 cm³/mol. The lowest BCUT2D eigenvalue weighted by molar-refractivity contribution is -0.134. The van der Waals surface area contributed by atoms with E-state index in [1.165, 1.54) is 11.3 Å². The highest BCUT2D eigenvalue weighted by molar-refractivity contribution is 14.0. The van der Waals surface area contributed by atoms with Crippen LogP contribution in [-0.2, 0) is 11.2 Å². The number of piperidine rings is 1. The number of halogens is 1. The molecule has 7 heteroatoms. The van der Waals surface area contributed by atoms with Crippen molar-refractivity contribution in [1.82, 2.24) is 15.1 Å². The zero-order valence-electron chi connectivity index (χ0n) is 15.5. The molecule has 0 spiro atoms. The summed E-state index contributed by atoms with van der Waals surface area (Å²) in [6.45, 7) is 4.62. The molecular formula is C18H31IN4OS. The number of carbonyl (C=O) groups is 1. The van der Waals surface area contributed by atoms with Crippen molar-refractivity contribution >= 4 is 47.2 Å². The van der Waals surface area contributed by atoms with E-state index in [0.717, 1.165) is 38.3 Å². The molecule has 0 aromatic carbocycles. The number of thiophene rings is 1. The molecule has 142 valence electrons. The third-order valence-corrected chi connectivity index (χ3v) is 5.53. The van der Waals surface area contributed by atoms with Crippen LogP contribution in [0.4, 0.5) is 0 Å². The van der Waals surface area contributed by atoms with E-state index in [4.69, 9.17) is 0 Å². The summed E-state index contributed by atoms with van der Waals surface area (Å²) >= 11 is 1.78. The summed E-state index contributed by atoms with van der Waals surface area (Å²) in [6, 6.07) is 4.63. The summed E-state index contributed by atoms with van der Waals surface area (Å²) in [4.78, 5) is 22.2. The summed E-state index contributed by atoms with van der Waals surface area (Å²) in [7, 11) is 3.83. The standard InChI is InChI=1S/C18H30N4OS.HI/c1-15-7-4-5-12-22(15)17(23)9-11-20-18(19-2)21(3)13-10-16-8-6-14-24-16;/h6,8,14-15H,4-5,7,9-13H2,1-3H3,(H,19,20);1H. The van der Waals surface area contributed by atoms with Gasteiger partial charge < -0.3 is 15.1 Å². The van der Waals surface area contributed by atoms with Gasteiger partial charge in [-0.3, -0.25) is 9.79 Å². The number of likely N-dealkylation sites (tertiary alicyclic amines) is 1. The zero-order valence-corrected chi connectivity index (χ0v) is 18.7. The molecule has 5 nitrogen and oxygen atoms in total. The molecule has 0 saturated carbocycles. The van der Waals surface area contributed by atoms with Crippen LogP contribution in [-0.4, -0.2) is 61.4 Å². The third-order valence-electron chi connectivity index (χ3n) is 4.59. The number of hydrogen-bond donors (Lipinski definition) is 1. The van der Waals surface area contributed by atoms with Crippen molar-refractivity contribution in [2.75, 3.05) is 33.7 Å². The highest BCUT2D eigenvalue weighted by atomic mass is 127. The van der Waals surface area contributed by atoms with Crippen LogP contribution in [0.5, 0.6) is 0 Å². The molecule has 25 heavy (non-hydrogen) atoms. The van der Waals surface area contributed by atoms with Crippen LogP contribution in [0, 0.1) is 0 Å². The fourth-order valence-electron chi connectivity index (χ4n) is 3.12.